The van der Waals surface area contributed by atoms with Gasteiger partial charge < -0.3 is 15.3 Å². The molecule has 5 heteroatoms. The van der Waals surface area contributed by atoms with Gasteiger partial charge in [-0.3, -0.25) is 9.78 Å². The van der Waals surface area contributed by atoms with Crippen LogP contribution in [0.5, 0.6) is 0 Å². The average molecular weight is 273 g/mol. The van der Waals surface area contributed by atoms with E-state index in [4.69, 9.17) is 5.11 Å². The van der Waals surface area contributed by atoms with Crippen molar-refractivity contribution in [3.8, 4) is 11.8 Å². The lowest BCUT2D eigenvalue weighted by molar-refractivity contribution is 0.0912. The Morgan fingerprint density at radius 3 is 3.20 bits per heavy atom. The summed E-state index contributed by atoms with van der Waals surface area (Å²) in [5, 5.41) is 11.7. The van der Waals surface area contributed by atoms with Crippen LogP contribution in [0, 0.1) is 11.8 Å². The number of rotatable bonds is 2. The van der Waals surface area contributed by atoms with E-state index in [1.807, 2.05) is 0 Å². The number of piperidine rings is 1. The Kier molecular flexibility index (Phi) is 5.10. The number of amides is 1. The molecule has 0 saturated carbocycles. The zero-order valence-corrected chi connectivity index (χ0v) is 11.6. The molecule has 20 heavy (non-hydrogen) atoms. The van der Waals surface area contributed by atoms with Gasteiger partial charge in [-0.2, -0.15) is 0 Å². The minimum atomic E-state index is -0.204. The smallest absolute Gasteiger partial charge is 0.253 e. The van der Waals surface area contributed by atoms with Crippen LogP contribution in [0.1, 0.15) is 28.8 Å². The van der Waals surface area contributed by atoms with E-state index < -0.39 is 0 Å². The maximum Gasteiger partial charge on any atom is 0.253 e. The molecule has 2 N–H and O–H groups in total. The third-order valence-electron chi connectivity index (χ3n) is 3.27. The molecule has 0 aliphatic carbocycles. The molecule has 106 valence electrons. The molecule has 1 saturated heterocycles. The van der Waals surface area contributed by atoms with E-state index >= 15 is 0 Å². The Morgan fingerprint density at radius 2 is 2.45 bits per heavy atom. The number of aromatic nitrogens is 1. The van der Waals surface area contributed by atoms with Gasteiger partial charge in [-0.25, -0.2) is 0 Å². The monoisotopic (exact) mass is 273 g/mol. The van der Waals surface area contributed by atoms with Gasteiger partial charge in [0.15, 0.2) is 0 Å². The maximum absolute atomic E-state index is 12.2. The van der Waals surface area contributed by atoms with Crippen LogP contribution in [0.15, 0.2) is 18.5 Å². The number of hydrogen-bond acceptors (Lipinski definition) is 4. The summed E-state index contributed by atoms with van der Waals surface area (Å²) < 4.78 is 0. The molecule has 1 unspecified atom stereocenters. The summed E-state index contributed by atoms with van der Waals surface area (Å²) in [6.07, 6.45) is 5.22. The zero-order chi connectivity index (χ0) is 14.4. The van der Waals surface area contributed by atoms with Crippen molar-refractivity contribution >= 4 is 5.91 Å². The van der Waals surface area contributed by atoms with Crippen LogP contribution >= 0.6 is 0 Å². The Bertz CT molecular complexity index is 533. The second-order valence-electron chi connectivity index (χ2n) is 5.00. The number of aliphatic hydroxyl groups is 1. The molecule has 5 nitrogen and oxygen atoms in total. The Balaban J connectivity index is 2.01. The quantitative estimate of drug-likeness (QED) is 0.758. The standard InChI is InChI=1S/C15H19N3O2/c1-18-6-2-5-14(11-18)17-15(20)13-8-12(4-3-7-19)9-16-10-13/h8-10,14,19H,2,5-7,11H2,1H3,(H,17,20). The summed E-state index contributed by atoms with van der Waals surface area (Å²) in [6.45, 7) is 1.76. The Hall–Kier alpha value is -1.90. The summed E-state index contributed by atoms with van der Waals surface area (Å²) >= 11 is 0. The maximum atomic E-state index is 12.2. The van der Waals surface area contributed by atoms with Gasteiger partial charge in [0.2, 0.25) is 0 Å². The van der Waals surface area contributed by atoms with Crippen LogP contribution in [-0.4, -0.2) is 53.7 Å². The number of nitrogens with zero attached hydrogens (tertiary/aromatic N) is 2. The molecule has 2 rings (SSSR count). The van der Waals surface area contributed by atoms with E-state index in [0.29, 0.717) is 11.1 Å². The van der Waals surface area contributed by atoms with Crippen molar-refractivity contribution in [2.45, 2.75) is 18.9 Å². The first kappa shape index (κ1) is 14.5. The van der Waals surface area contributed by atoms with Crippen LogP contribution in [0.2, 0.25) is 0 Å². The van der Waals surface area contributed by atoms with Crippen molar-refractivity contribution in [1.82, 2.24) is 15.2 Å². The molecule has 0 spiro atoms. The van der Waals surface area contributed by atoms with Gasteiger partial charge in [0.25, 0.3) is 5.91 Å². The fraction of sp³-hybridized carbons (Fsp3) is 0.467. The number of hydrogen-bond donors (Lipinski definition) is 2. The van der Waals surface area contributed by atoms with E-state index in [-0.39, 0.29) is 18.6 Å². The summed E-state index contributed by atoms with van der Waals surface area (Å²) in [7, 11) is 2.06. The van der Waals surface area contributed by atoms with Crippen molar-refractivity contribution in [3.63, 3.8) is 0 Å². The minimum absolute atomic E-state index is 0.120. The normalized spacial score (nSPS) is 19.0. The molecule has 1 aromatic heterocycles. The fourth-order valence-corrected chi connectivity index (χ4v) is 2.33. The molecule has 1 aromatic rings. The molecule has 1 aliphatic rings. The van der Waals surface area contributed by atoms with Crippen molar-refractivity contribution in [2.75, 3.05) is 26.7 Å². The van der Waals surface area contributed by atoms with Gasteiger partial charge in [0.05, 0.1) is 5.56 Å². The van der Waals surface area contributed by atoms with E-state index in [0.717, 1.165) is 25.9 Å². The predicted molar refractivity (Wildman–Crippen MR) is 76.2 cm³/mol. The summed E-state index contributed by atoms with van der Waals surface area (Å²) in [5.41, 5.74) is 1.13. The highest BCUT2D eigenvalue weighted by atomic mass is 16.2. The highest BCUT2D eigenvalue weighted by Crippen LogP contribution is 2.09. The molecular formula is C15H19N3O2. The number of likely N-dealkylation sites (tertiary alicyclic amines) is 1. The summed E-state index contributed by atoms with van der Waals surface area (Å²) in [6, 6.07) is 1.88. The van der Waals surface area contributed by atoms with Crippen LogP contribution in [0.3, 0.4) is 0 Å². The lowest BCUT2D eigenvalue weighted by atomic mass is 10.1. The van der Waals surface area contributed by atoms with Crippen molar-refractivity contribution in [2.24, 2.45) is 0 Å². The molecule has 0 radical (unpaired) electrons. The summed E-state index contributed by atoms with van der Waals surface area (Å²) in [4.78, 5) is 18.4. The topological polar surface area (TPSA) is 65.5 Å². The zero-order valence-electron chi connectivity index (χ0n) is 11.6. The second kappa shape index (κ2) is 7.04. The third-order valence-corrected chi connectivity index (χ3v) is 3.27. The van der Waals surface area contributed by atoms with Crippen LogP contribution in [0.4, 0.5) is 0 Å². The Morgan fingerprint density at radius 1 is 1.60 bits per heavy atom. The minimum Gasteiger partial charge on any atom is -0.384 e. The molecule has 1 atom stereocenters. The number of nitrogens with one attached hydrogen (secondary N) is 1. The van der Waals surface area contributed by atoms with Crippen molar-refractivity contribution < 1.29 is 9.90 Å². The second-order valence-corrected chi connectivity index (χ2v) is 5.00. The molecule has 1 aliphatic heterocycles. The lowest BCUT2D eigenvalue weighted by Gasteiger charge is -2.30. The van der Waals surface area contributed by atoms with E-state index in [1.54, 1.807) is 12.3 Å². The van der Waals surface area contributed by atoms with Gasteiger partial charge >= 0.3 is 0 Å². The first-order chi connectivity index (χ1) is 9.69. The van der Waals surface area contributed by atoms with Crippen LogP contribution in [-0.2, 0) is 0 Å². The highest BCUT2D eigenvalue weighted by Gasteiger charge is 2.19. The molecule has 0 bridgehead atoms. The van der Waals surface area contributed by atoms with Crippen molar-refractivity contribution in [1.29, 1.82) is 0 Å². The summed E-state index contributed by atoms with van der Waals surface area (Å²) in [5.74, 6) is 5.17. The molecule has 1 fully saturated rings. The number of aliphatic hydroxyl groups excluding tert-OH is 1. The first-order valence-electron chi connectivity index (χ1n) is 6.73. The SMILES string of the molecule is CN1CCCC(NC(=O)c2cncc(C#CCO)c2)C1. The molecule has 0 aromatic carbocycles. The Labute approximate surface area is 119 Å². The van der Waals surface area contributed by atoms with Crippen molar-refractivity contribution in [3.05, 3.63) is 29.6 Å². The van der Waals surface area contributed by atoms with E-state index in [2.05, 4.69) is 34.1 Å². The largest absolute Gasteiger partial charge is 0.384 e. The van der Waals surface area contributed by atoms with Gasteiger partial charge in [-0.05, 0) is 32.5 Å². The van der Waals surface area contributed by atoms with Gasteiger partial charge in [0.1, 0.15) is 6.61 Å². The average Bonchev–Trinajstić information content (AvgIpc) is 2.45. The van der Waals surface area contributed by atoms with Gasteiger partial charge in [0, 0.05) is 30.5 Å². The van der Waals surface area contributed by atoms with Crippen LogP contribution < -0.4 is 5.32 Å². The number of carbonyl (C=O) groups excluding carboxylic acids is 1. The molecule has 2 heterocycles. The number of likely N-dealkylation sites (N-methyl/N-ethyl adjacent to an activating group) is 1. The fourth-order valence-electron chi connectivity index (χ4n) is 2.33. The van der Waals surface area contributed by atoms with E-state index in [1.165, 1.54) is 6.20 Å². The lowest BCUT2D eigenvalue weighted by Crippen LogP contribution is -2.46. The molecular weight excluding hydrogens is 254 g/mol. The van der Waals surface area contributed by atoms with Gasteiger partial charge in [-0.1, -0.05) is 11.8 Å². The highest BCUT2D eigenvalue weighted by molar-refractivity contribution is 5.94. The predicted octanol–water partition coefficient (Wildman–Crippen LogP) is 0.249. The van der Waals surface area contributed by atoms with E-state index in [9.17, 15) is 4.79 Å². The third kappa shape index (κ3) is 4.05. The van der Waals surface area contributed by atoms with Gasteiger partial charge in [-0.15, -0.1) is 0 Å². The first-order valence-corrected chi connectivity index (χ1v) is 6.73. The number of pyridine rings is 1. The number of carbonyl (C=O) groups is 1. The van der Waals surface area contributed by atoms with Crippen LogP contribution in [0.25, 0.3) is 0 Å². The molecule has 1 amide bonds.